The first-order chi connectivity index (χ1) is 6.96. The third-order valence-corrected chi connectivity index (χ3v) is 4.89. The van der Waals surface area contributed by atoms with Crippen LogP contribution >= 0.6 is 11.8 Å². The lowest BCUT2D eigenvalue weighted by Gasteiger charge is -2.21. The van der Waals surface area contributed by atoms with Gasteiger partial charge >= 0.3 is 0 Å². The molecular formula is C9H21NO3S2. The number of aliphatic hydroxyl groups is 1. The highest BCUT2D eigenvalue weighted by Crippen LogP contribution is 2.11. The van der Waals surface area contributed by atoms with E-state index < -0.39 is 10.0 Å². The molecule has 0 rings (SSSR count). The summed E-state index contributed by atoms with van der Waals surface area (Å²) in [5.41, 5.74) is 0. The van der Waals surface area contributed by atoms with Crippen LogP contribution in [0.4, 0.5) is 0 Å². The van der Waals surface area contributed by atoms with Crippen molar-refractivity contribution in [1.82, 2.24) is 4.72 Å². The zero-order valence-electron chi connectivity index (χ0n) is 9.56. The van der Waals surface area contributed by atoms with Gasteiger partial charge in [-0.05, 0) is 19.6 Å². The van der Waals surface area contributed by atoms with Crippen LogP contribution in [0.5, 0.6) is 0 Å². The number of aliphatic hydroxyl groups excluding tert-OH is 1. The minimum Gasteiger partial charge on any atom is -0.395 e. The number of hydrogen-bond donors (Lipinski definition) is 2. The van der Waals surface area contributed by atoms with Crippen LogP contribution < -0.4 is 4.72 Å². The van der Waals surface area contributed by atoms with Gasteiger partial charge in [-0.3, -0.25) is 0 Å². The van der Waals surface area contributed by atoms with Crippen LogP contribution in [0.2, 0.25) is 0 Å². The fourth-order valence-corrected chi connectivity index (χ4v) is 3.42. The molecule has 0 spiro atoms. The van der Waals surface area contributed by atoms with Crippen LogP contribution in [0, 0.1) is 0 Å². The minimum absolute atomic E-state index is 0.0152. The topological polar surface area (TPSA) is 66.4 Å². The molecule has 0 fully saturated rings. The van der Waals surface area contributed by atoms with E-state index >= 15 is 0 Å². The van der Waals surface area contributed by atoms with Crippen molar-refractivity contribution in [2.45, 2.75) is 38.0 Å². The average Bonchev–Trinajstić information content (AvgIpc) is 2.16. The molecule has 2 unspecified atom stereocenters. The summed E-state index contributed by atoms with van der Waals surface area (Å²) in [6, 6.07) is -0.230. The van der Waals surface area contributed by atoms with Gasteiger partial charge in [-0.25, -0.2) is 13.1 Å². The van der Waals surface area contributed by atoms with Crippen LogP contribution in [0.15, 0.2) is 0 Å². The summed E-state index contributed by atoms with van der Waals surface area (Å²) in [7, 11) is -3.18. The van der Waals surface area contributed by atoms with Crippen LogP contribution in [0.25, 0.3) is 0 Å². The van der Waals surface area contributed by atoms with Crippen molar-refractivity contribution in [2.75, 3.05) is 18.6 Å². The Labute approximate surface area is 96.9 Å². The molecule has 0 aliphatic carbocycles. The maximum absolute atomic E-state index is 11.5. The van der Waals surface area contributed by atoms with Crippen molar-refractivity contribution in [1.29, 1.82) is 0 Å². The maximum atomic E-state index is 11.5. The molecule has 6 heteroatoms. The summed E-state index contributed by atoms with van der Waals surface area (Å²) in [5.74, 6) is 0.167. The van der Waals surface area contributed by atoms with Gasteiger partial charge in [-0.15, -0.1) is 0 Å². The number of thioether (sulfide) groups is 1. The SMILES string of the molecule is CCCCS(=O)(=O)NC(C)C(CO)SC. The normalized spacial score (nSPS) is 16.3. The maximum Gasteiger partial charge on any atom is 0.211 e. The summed E-state index contributed by atoms with van der Waals surface area (Å²) in [6.45, 7) is 3.72. The minimum atomic E-state index is -3.18. The highest BCUT2D eigenvalue weighted by atomic mass is 32.2. The van der Waals surface area contributed by atoms with E-state index in [1.54, 1.807) is 6.92 Å². The molecule has 0 saturated heterocycles. The zero-order valence-corrected chi connectivity index (χ0v) is 11.2. The van der Waals surface area contributed by atoms with Gasteiger partial charge in [0.25, 0.3) is 0 Å². The van der Waals surface area contributed by atoms with Crippen LogP contribution in [-0.2, 0) is 10.0 Å². The second kappa shape index (κ2) is 7.49. The van der Waals surface area contributed by atoms with E-state index in [-0.39, 0.29) is 23.7 Å². The van der Waals surface area contributed by atoms with Gasteiger partial charge in [0.05, 0.1) is 12.4 Å². The average molecular weight is 255 g/mol. The van der Waals surface area contributed by atoms with Crippen LogP contribution in [0.3, 0.4) is 0 Å². The summed E-state index contributed by atoms with van der Waals surface area (Å²) in [4.78, 5) is 0. The van der Waals surface area contributed by atoms with Gasteiger partial charge in [-0.2, -0.15) is 11.8 Å². The van der Waals surface area contributed by atoms with Gasteiger partial charge in [0.2, 0.25) is 10.0 Å². The summed E-state index contributed by atoms with van der Waals surface area (Å²) in [5, 5.41) is 8.93. The summed E-state index contributed by atoms with van der Waals surface area (Å²) in [6.07, 6.45) is 3.39. The van der Waals surface area contributed by atoms with Gasteiger partial charge in [0, 0.05) is 11.3 Å². The number of unbranched alkanes of at least 4 members (excludes halogenated alkanes) is 1. The Kier molecular flexibility index (Phi) is 7.60. The van der Waals surface area contributed by atoms with E-state index in [0.717, 1.165) is 6.42 Å². The summed E-state index contributed by atoms with van der Waals surface area (Å²) >= 11 is 1.47. The van der Waals surface area contributed by atoms with E-state index in [2.05, 4.69) is 4.72 Å². The summed E-state index contributed by atoms with van der Waals surface area (Å²) < 4.78 is 25.7. The lowest BCUT2D eigenvalue weighted by atomic mass is 10.3. The number of rotatable bonds is 8. The fraction of sp³-hybridized carbons (Fsp3) is 1.00. The van der Waals surface area contributed by atoms with Gasteiger partial charge < -0.3 is 5.11 Å². The monoisotopic (exact) mass is 255 g/mol. The zero-order chi connectivity index (χ0) is 11.9. The molecule has 15 heavy (non-hydrogen) atoms. The molecule has 2 N–H and O–H groups in total. The van der Waals surface area contributed by atoms with Crippen LogP contribution in [0.1, 0.15) is 26.7 Å². The van der Waals surface area contributed by atoms with E-state index in [1.165, 1.54) is 11.8 Å². The van der Waals surface area contributed by atoms with Crippen molar-refractivity contribution >= 4 is 21.8 Å². The lowest BCUT2D eigenvalue weighted by molar-refractivity contribution is 0.282. The smallest absolute Gasteiger partial charge is 0.211 e. The van der Waals surface area contributed by atoms with E-state index in [9.17, 15) is 8.42 Å². The van der Waals surface area contributed by atoms with Crippen molar-refractivity contribution in [2.24, 2.45) is 0 Å². The lowest BCUT2D eigenvalue weighted by Crippen LogP contribution is -2.42. The highest BCUT2D eigenvalue weighted by Gasteiger charge is 2.20. The largest absolute Gasteiger partial charge is 0.395 e. The third kappa shape index (κ3) is 6.40. The predicted molar refractivity (Wildman–Crippen MR) is 65.7 cm³/mol. The molecule has 4 nitrogen and oxygen atoms in total. The standard InChI is InChI=1S/C9H21NO3S2/c1-4-5-6-15(12,13)10-8(2)9(7-11)14-3/h8-11H,4-7H2,1-3H3. The van der Waals surface area contributed by atoms with E-state index in [4.69, 9.17) is 5.11 Å². The Balaban J connectivity index is 4.19. The van der Waals surface area contributed by atoms with Crippen molar-refractivity contribution in [3.63, 3.8) is 0 Å². The Morgan fingerprint density at radius 2 is 2.07 bits per heavy atom. The molecular weight excluding hydrogens is 234 g/mol. The Morgan fingerprint density at radius 3 is 2.47 bits per heavy atom. The second-order valence-electron chi connectivity index (χ2n) is 3.54. The first-order valence-electron chi connectivity index (χ1n) is 5.10. The van der Waals surface area contributed by atoms with E-state index in [0.29, 0.717) is 6.42 Å². The van der Waals surface area contributed by atoms with E-state index in [1.807, 2.05) is 13.2 Å². The molecule has 0 radical (unpaired) electrons. The quantitative estimate of drug-likeness (QED) is 0.674. The van der Waals surface area contributed by atoms with Crippen molar-refractivity contribution in [3.8, 4) is 0 Å². The van der Waals surface area contributed by atoms with Crippen molar-refractivity contribution < 1.29 is 13.5 Å². The molecule has 2 atom stereocenters. The molecule has 0 heterocycles. The van der Waals surface area contributed by atoms with Gasteiger partial charge in [-0.1, -0.05) is 13.3 Å². The first-order valence-corrected chi connectivity index (χ1v) is 8.04. The molecule has 0 aromatic heterocycles. The second-order valence-corrected chi connectivity index (χ2v) is 6.49. The van der Waals surface area contributed by atoms with Crippen molar-refractivity contribution in [3.05, 3.63) is 0 Å². The predicted octanol–water partition coefficient (Wildman–Crippen LogP) is 0.818. The number of hydrogen-bond acceptors (Lipinski definition) is 4. The number of sulfonamides is 1. The molecule has 92 valence electrons. The molecule has 0 aliphatic heterocycles. The Bertz CT molecular complexity index is 250. The molecule has 0 amide bonds. The van der Waals surface area contributed by atoms with Crippen LogP contribution in [-0.4, -0.2) is 43.4 Å². The fourth-order valence-electron chi connectivity index (χ4n) is 1.19. The molecule has 0 aromatic carbocycles. The highest BCUT2D eigenvalue weighted by molar-refractivity contribution is 7.99. The Morgan fingerprint density at radius 1 is 1.47 bits per heavy atom. The molecule has 0 saturated carbocycles. The molecule has 0 aromatic rings. The number of nitrogens with one attached hydrogen (secondary N) is 1. The van der Waals surface area contributed by atoms with Gasteiger partial charge in [0.15, 0.2) is 0 Å². The Hall–Kier alpha value is 0.220. The molecule has 0 bridgehead atoms. The first kappa shape index (κ1) is 15.2. The van der Waals surface area contributed by atoms with Gasteiger partial charge in [0.1, 0.15) is 0 Å². The molecule has 0 aliphatic rings. The third-order valence-electron chi connectivity index (χ3n) is 2.17.